The Morgan fingerprint density at radius 3 is 2.37 bits per heavy atom. The van der Waals surface area contributed by atoms with Crippen LogP contribution in [0.15, 0.2) is 35.7 Å². The summed E-state index contributed by atoms with van der Waals surface area (Å²) in [5.74, 6) is -2.05. The third-order valence-corrected chi connectivity index (χ3v) is 10.9. The zero-order valence-corrected chi connectivity index (χ0v) is 32.5. The number of likely N-dealkylation sites (tertiary alicyclic amines) is 1. The van der Waals surface area contributed by atoms with Crippen molar-refractivity contribution in [2.45, 2.75) is 117 Å². The molecule has 1 aliphatic heterocycles. The zero-order valence-electron chi connectivity index (χ0n) is 31.7. The fourth-order valence-electron chi connectivity index (χ4n) is 6.88. The average Bonchev–Trinajstić information content (AvgIpc) is 3.61. The maximum absolute atomic E-state index is 14.6. The van der Waals surface area contributed by atoms with E-state index < -0.39 is 35.9 Å². The quantitative estimate of drug-likeness (QED) is 0.173. The molecule has 0 spiro atoms. The molecule has 2 amide bonds. The minimum absolute atomic E-state index is 0.00233. The van der Waals surface area contributed by atoms with Crippen molar-refractivity contribution in [3.8, 4) is 0 Å². The second-order valence-corrected chi connectivity index (χ2v) is 15.0. The van der Waals surface area contributed by atoms with Gasteiger partial charge >= 0.3 is 11.9 Å². The molecule has 6 atom stereocenters. The molecule has 51 heavy (non-hydrogen) atoms. The fourth-order valence-corrected chi connectivity index (χ4v) is 7.72. The van der Waals surface area contributed by atoms with Crippen LogP contribution in [0.3, 0.4) is 0 Å². The summed E-state index contributed by atoms with van der Waals surface area (Å²) in [6.45, 7) is 12.9. The number of likely N-dealkylation sites (N-methyl/N-ethyl adjacent to an activating group) is 1. The number of ketones is 1. The number of hydrogen-bond donors (Lipinski definition) is 1. The summed E-state index contributed by atoms with van der Waals surface area (Å²) in [5.41, 5.74) is 0.939. The molecule has 0 unspecified atom stereocenters. The molecule has 0 saturated carbocycles. The number of Topliss-reactive ketones (excluding diaryl/α,β-unsaturated/α-hetero) is 1. The number of rotatable bonds is 19. The van der Waals surface area contributed by atoms with Gasteiger partial charge in [-0.25, -0.2) is 9.78 Å². The molecule has 2 aromatic rings. The van der Waals surface area contributed by atoms with Crippen molar-refractivity contribution in [1.29, 1.82) is 0 Å². The number of aromatic nitrogens is 1. The SMILES string of the molecule is CCCN(C(=O)[C@@H](CC(=O)[C@H]1CCCCN1C)[C@@H](C)CC)[C@H](C[C@@H](OC(C)=O)c1nc(C(=O)N[C@@H](Cc2ccccc2)C(=O)OC)cs1)C(C)C. The van der Waals surface area contributed by atoms with Crippen molar-refractivity contribution in [2.24, 2.45) is 17.8 Å². The largest absolute Gasteiger partial charge is 0.467 e. The van der Waals surface area contributed by atoms with Gasteiger partial charge in [0.1, 0.15) is 16.7 Å². The molecule has 1 aromatic heterocycles. The molecule has 11 nitrogen and oxygen atoms in total. The normalized spacial score (nSPS) is 17.9. The Morgan fingerprint density at radius 2 is 1.78 bits per heavy atom. The topological polar surface area (TPSA) is 135 Å². The lowest BCUT2D eigenvalue weighted by atomic mass is 9.82. The number of ether oxygens (including phenoxy) is 2. The van der Waals surface area contributed by atoms with Crippen molar-refractivity contribution < 1.29 is 33.4 Å². The van der Waals surface area contributed by atoms with Crippen molar-refractivity contribution in [1.82, 2.24) is 20.1 Å². The lowest BCUT2D eigenvalue weighted by molar-refractivity contribution is -0.150. The molecule has 0 aliphatic carbocycles. The van der Waals surface area contributed by atoms with Crippen LogP contribution >= 0.6 is 11.3 Å². The van der Waals surface area contributed by atoms with Gasteiger partial charge in [-0.2, -0.15) is 0 Å². The van der Waals surface area contributed by atoms with E-state index in [1.165, 1.54) is 25.4 Å². The van der Waals surface area contributed by atoms with Gasteiger partial charge in [0, 0.05) is 50.1 Å². The Morgan fingerprint density at radius 1 is 1.08 bits per heavy atom. The van der Waals surface area contributed by atoms with E-state index in [1.54, 1.807) is 5.38 Å². The minimum Gasteiger partial charge on any atom is -0.467 e. The monoisotopic (exact) mass is 726 g/mol. The standard InChI is InChI=1S/C39H58N4O7S/c1-9-19-43(38(47)29(26(5)10-2)22-34(45)32-18-14-15-20-42(32)7)33(25(3)4)23-35(50-27(6)44)37-41-31(24-51-37)36(46)40-30(39(48)49-8)21-28-16-12-11-13-17-28/h11-13,16-17,24-26,29-30,32-33,35H,9-10,14-15,18-23H2,1-8H3,(H,40,46)/t26-,29-,30-,32+,33+,35+/m0/s1. The van der Waals surface area contributed by atoms with E-state index in [0.29, 0.717) is 18.0 Å². The fraction of sp³-hybridized carbons (Fsp3) is 0.641. The van der Waals surface area contributed by atoms with Crippen LogP contribution in [0, 0.1) is 17.8 Å². The second-order valence-electron chi connectivity index (χ2n) is 14.1. The average molecular weight is 727 g/mol. The summed E-state index contributed by atoms with van der Waals surface area (Å²) < 4.78 is 10.8. The lowest BCUT2D eigenvalue weighted by Crippen LogP contribution is -2.50. The molecule has 2 heterocycles. The summed E-state index contributed by atoms with van der Waals surface area (Å²) >= 11 is 1.18. The van der Waals surface area contributed by atoms with Gasteiger partial charge in [-0.15, -0.1) is 11.3 Å². The Hall–Kier alpha value is -3.64. The summed E-state index contributed by atoms with van der Waals surface area (Å²) in [5, 5.41) is 4.73. The maximum Gasteiger partial charge on any atom is 0.328 e. The molecule has 1 aliphatic rings. The number of carbonyl (C=O) groups is 5. The third-order valence-electron chi connectivity index (χ3n) is 10.00. The zero-order chi connectivity index (χ0) is 37.7. The van der Waals surface area contributed by atoms with Crippen LogP contribution in [0.5, 0.6) is 0 Å². The molecule has 12 heteroatoms. The first-order valence-corrected chi connectivity index (χ1v) is 19.3. The molecule has 1 saturated heterocycles. The van der Waals surface area contributed by atoms with Crippen LogP contribution in [0.25, 0.3) is 0 Å². The number of methoxy groups -OCH3 is 1. The van der Waals surface area contributed by atoms with E-state index in [2.05, 4.69) is 15.2 Å². The highest BCUT2D eigenvalue weighted by molar-refractivity contribution is 7.09. The van der Waals surface area contributed by atoms with Crippen molar-refractivity contribution in [3.05, 3.63) is 52.0 Å². The number of amides is 2. The highest BCUT2D eigenvalue weighted by Gasteiger charge is 2.39. The van der Waals surface area contributed by atoms with Crippen LogP contribution in [-0.4, -0.2) is 89.7 Å². The molecule has 1 N–H and O–H groups in total. The van der Waals surface area contributed by atoms with Crippen LogP contribution in [0.2, 0.25) is 0 Å². The predicted octanol–water partition coefficient (Wildman–Crippen LogP) is 6.02. The van der Waals surface area contributed by atoms with E-state index >= 15 is 0 Å². The van der Waals surface area contributed by atoms with Gasteiger partial charge < -0.3 is 19.7 Å². The summed E-state index contributed by atoms with van der Waals surface area (Å²) in [6.07, 6.45) is 4.26. The Kier molecular flexibility index (Phi) is 16.7. The van der Waals surface area contributed by atoms with Gasteiger partial charge in [-0.1, -0.05) is 77.8 Å². The smallest absolute Gasteiger partial charge is 0.328 e. The highest BCUT2D eigenvalue weighted by Crippen LogP contribution is 2.33. The van der Waals surface area contributed by atoms with E-state index in [1.807, 2.05) is 76.9 Å². The number of benzene rings is 1. The molecule has 0 radical (unpaired) electrons. The Balaban J connectivity index is 1.87. The minimum atomic E-state index is -0.929. The molecule has 1 fully saturated rings. The summed E-state index contributed by atoms with van der Waals surface area (Å²) in [4.78, 5) is 75.2. The molecule has 1 aromatic carbocycles. The molecular weight excluding hydrogens is 669 g/mol. The van der Waals surface area contributed by atoms with Gasteiger partial charge in [0.25, 0.3) is 5.91 Å². The highest BCUT2D eigenvalue weighted by atomic mass is 32.1. The van der Waals surface area contributed by atoms with Gasteiger partial charge in [-0.05, 0) is 50.3 Å². The number of nitrogens with zero attached hydrogens (tertiary/aromatic N) is 3. The van der Waals surface area contributed by atoms with Crippen LogP contribution in [0.1, 0.15) is 114 Å². The first-order chi connectivity index (χ1) is 24.3. The molecular formula is C39H58N4O7S. The number of carbonyl (C=O) groups excluding carboxylic acids is 5. The number of piperidine rings is 1. The lowest BCUT2D eigenvalue weighted by Gasteiger charge is -2.39. The summed E-state index contributed by atoms with van der Waals surface area (Å²) in [6, 6.07) is 7.88. The van der Waals surface area contributed by atoms with Crippen molar-refractivity contribution in [3.63, 3.8) is 0 Å². The number of thiazole rings is 1. The number of esters is 2. The van der Waals surface area contributed by atoms with Crippen molar-refractivity contribution in [2.75, 3.05) is 27.2 Å². The number of nitrogens with one attached hydrogen (secondary N) is 1. The summed E-state index contributed by atoms with van der Waals surface area (Å²) in [7, 11) is 3.26. The molecule has 282 valence electrons. The second kappa shape index (κ2) is 20.4. The molecule has 0 bridgehead atoms. The van der Waals surface area contributed by atoms with E-state index in [9.17, 15) is 24.0 Å². The van der Waals surface area contributed by atoms with E-state index in [4.69, 9.17) is 9.47 Å². The van der Waals surface area contributed by atoms with Gasteiger partial charge in [0.2, 0.25) is 5.91 Å². The van der Waals surface area contributed by atoms with Crippen LogP contribution in [-0.2, 0) is 35.1 Å². The predicted molar refractivity (Wildman–Crippen MR) is 198 cm³/mol. The number of hydrogen-bond acceptors (Lipinski definition) is 10. The van der Waals surface area contributed by atoms with E-state index in [0.717, 1.165) is 37.8 Å². The van der Waals surface area contributed by atoms with Gasteiger partial charge in [0.05, 0.1) is 13.2 Å². The Bertz CT molecular complexity index is 1450. The van der Waals surface area contributed by atoms with Gasteiger partial charge in [0.15, 0.2) is 11.9 Å². The van der Waals surface area contributed by atoms with E-state index in [-0.39, 0.29) is 60.6 Å². The van der Waals surface area contributed by atoms with Crippen LogP contribution in [0.4, 0.5) is 0 Å². The maximum atomic E-state index is 14.6. The van der Waals surface area contributed by atoms with Crippen LogP contribution < -0.4 is 5.32 Å². The molecule has 3 rings (SSSR count). The van der Waals surface area contributed by atoms with Gasteiger partial charge in [-0.3, -0.25) is 24.1 Å². The first-order valence-electron chi connectivity index (χ1n) is 18.4. The first kappa shape index (κ1) is 41.8. The van der Waals surface area contributed by atoms with Crippen molar-refractivity contribution >= 4 is 40.9 Å². The Labute approximate surface area is 307 Å². The third kappa shape index (κ3) is 12.0.